The van der Waals surface area contributed by atoms with Gasteiger partial charge in [-0.2, -0.15) is 0 Å². The quantitative estimate of drug-likeness (QED) is 0.320. The van der Waals surface area contributed by atoms with Crippen LogP contribution in [0, 0.1) is 12.3 Å². The first-order valence-corrected chi connectivity index (χ1v) is 2.67. The second kappa shape index (κ2) is 3.80. The van der Waals surface area contributed by atoms with Crippen LogP contribution >= 0.6 is 0 Å². The van der Waals surface area contributed by atoms with Crippen molar-refractivity contribution in [2.45, 2.75) is 13.8 Å². The lowest BCUT2D eigenvalue weighted by atomic mass is 10.3. The number of rotatable bonds is 1. The number of allylic oxidation sites excluding steroid dienone is 3. The van der Waals surface area contributed by atoms with Crippen molar-refractivity contribution in [2.24, 2.45) is 0 Å². The molecule has 9 heavy (non-hydrogen) atoms. The second-order valence-corrected chi connectivity index (χ2v) is 1.96. The lowest BCUT2D eigenvalue weighted by Crippen LogP contribution is -1.73. The van der Waals surface area contributed by atoms with Gasteiger partial charge in [-0.3, -0.25) is 0 Å². The monoisotopic (exact) mass is 122 g/mol. The van der Waals surface area contributed by atoms with Gasteiger partial charge in [-0.15, -0.1) is 6.42 Å². The standard InChI is InChI=1S/C8H10O/c1-4-5-8(9)6-7(2)3/h1,5-6,9H,2-3H3/b8-5+. The smallest absolute Gasteiger partial charge is 0.123 e. The summed E-state index contributed by atoms with van der Waals surface area (Å²) in [5.74, 6) is 2.35. The molecule has 0 aliphatic carbocycles. The van der Waals surface area contributed by atoms with Gasteiger partial charge in [-0.05, 0) is 19.9 Å². The van der Waals surface area contributed by atoms with Crippen molar-refractivity contribution in [1.29, 1.82) is 0 Å². The van der Waals surface area contributed by atoms with Gasteiger partial charge in [-0.25, -0.2) is 0 Å². The van der Waals surface area contributed by atoms with Gasteiger partial charge in [0.25, 0.3) is 0 Å². The second-order valence-electron chi connectivity index (χ2n) is 1.96. The number of hydrogen-bond acceptors (Lipinski definition) is 1. The van der Waals surface area contributed by atoms with Gasteiger partial charge in [0.2, 0.25) is 0 Å². The molecular formula is C8H10O. The zero-order chi connectivity index (χ0) is 7.28. The Hall–Kier alpha value is -1.16. The van der Waals surface area contributed by atoms with Crippen LogP contribution in [0.25, 0.3) is 0 Å². The fourth-order valence-electron chi connectivity index (χ4n) is 0.423. The highest BCUT2D eigenvalue weighted by Gasteiger charge is 1.81. The molecular weight excluding hydrogens is 112 g/mol. The van der Waals surface area contributed by atoms with E-state index in [1.54, 1.807) is 6.08 Å². The highest BCUT2D eigenvalue weighted by Crippen LogP contribution is 1.95. The minimum Gasteiger partial charge on any atom is -0.507 e. The van der Waals surface area contributed by atoms with Crippen LogP contribution in [-0.2, 0) is 0 Å². The van der Waals surface area contributed by atoms with E-state index in [0.29, 0.717) is 0 Å². The molecule has 1 nitrogen and oxygen atoms in total. The molecule has 48 valence electrons. The van der Waals surface area contributed by atoms with Crippen molar-refractivity contribution in [2.75, 3.05) is 0 Å². The molecule has 0 saturated carbocycles. The molecule has 0 amide bonds. The van der Waals surface area contributed by atoms with Gasteiger partial charge in [0.1, 0.15) is 5.76 Å². The fourth-order valence-corrected chi connectivity index (χ4v) is 0.423. The van der Waals surface area contributed by atoms with E-state index >= 15 is 0 Å². The number of hydrogen-bond donors (Lipinski definition) is 1. The van der Waals surface area contributed by atoms with Gasteiger partial charge >= 0.3 is 0 Å². The zero-order valence-electron chi connectivity index (χ0n) is 5.68. The van der Waals surface area contributed by atoms with E-state index in [4.69, 9.17) is 11.5 Å². The Morgan fingerprint density at radius 2 is 2.11 bits per heavy atom. The molecule has 0 radical (unpaired) electrons. The Morgan fingerprint density at radius 3 is 2.44 bits per heavy atom. The molecule has 0 bridgehead atoms. The van der Waals surface area contributed by atoms with Crippen LogP contribution in [0.1, 0.15) is 13.8 Å². The summed E-state index contributed by atoms with van der Waals surface area (Å²) in [5, 5.41) is 8.86. The molecule has 0 aromatic heterocycles. The average Bonchev–Trinajstić information content (AvgIpc) is 1.63. The van der Waals surface area contributed by atoms with Crippen molar-refractivity contribution in [3.63, 3.8) is 0 Å². The third-order valence-corrected chi connectivity index (χ3v) is 0.668. The third kappa shape index (κ3) is 4.70. The van der Waals surface area contributed by atoms with Crippen molar-refractivity contribution in [1.82, 2.24) is 0 Å². The summed E-state index contributed by atoms with van der Waals surface area (Å²) in [4.78, 5) is 0. The van der Waals surface area contributed by atoms with E-state index in [-0.39, 0.29) is 5.76 Å². The molecule has 0 atom stereocenters. The predicted octanol–water partition coefficient (Wildman–Crippen LogP) is 2.03. The minimum atomic E-state index is 0.137. The fraction of sp³-hybridized carbons (Fsp3) is 0.250. The number of aliphatic hydroxyl groups is 1. The van der Waals surface area contributed by atoms with Crippen LogP contribution in [-0.4, -0.2) is 5.11 Å². The Kier molecular flexibility index (Phi) is 3.31. The maximum Gasteiger partial charge on any atom is 0.123 e. The van der Waals surface area contributed by atoms with Crippen molar-refractivity contribution >= 4 is 0 Å². The van der Waals surface area contributed by atoms with Crippen LogP contribution in [0.5, 0.6) is 0 Å². The highest BCUT2D eigenvalue weighted by molar-refractivity contribution is 5.22. The first kappa shape index (κ1) is 7.84. The van der Waals surface area contributed by atoms with Crippen molar-refractivity contribution in [3.05, 3.63) is 23.5 Å². The van der Waals surface area contributed by atoms with Gasteiger partial charge in [-0.1, -0.05) is 11.5 Å². The SMILES string of the molecule is C#C/C=C(/O)C=C(C)C. The Bertz CT molecular complexity index is 175. The maximum atomic E-state index is 8.86. The third-order valence-electron chi connectivity index (χ3n) is 0.668. The van der Waals surface area contributed by atoms with Gasteiger partial charge in [0.05, 0.1) is 0 Å². The minimum absolute atomic E-state index is 0.137. The molecule has 1 N–H and O–H groups in total. The van der Waals surface area contributed by atoms with E-state index in [0.717, 1.165) is 5.57 Å². The Labute approximate surface area is 55.7 Å². The molecule has 0 aliphatic heterocycles. The summed E-state index contributed by atoms with van der Waals surface area (Å²) >= 11 is 0. The summed E-state index contributed by atoms with van der Waals surface area (Å²) in [6, 6.07) is 0. The molecule has 0 aromatic rings. The molecule has 0 spiro atoms. The van der Waals surface area contributed by atoms with E-state index in [2.05, 4.69) is 5.92 Å². The summed E-state index contributed by atoms with van der Waals surface area (Å²) in [6.07, 6.45) is 7.81. The molecule has 0 rings (SSSR count). The number of terminal acetylenes is 1. The summed E-state index contributed by atoms with van der Waals surface area (Å²) in [6.45, 7) is 3.78. The number of aliphatic hydroxyl groups excluding tert-OH is 1. The largest absolute Gasteiger partial charge is 0.507 e. The average molecular weight is 122 g/mol. The van der Waals surface area contributed by atoms with E-state index in [1.165, 1.54) is 6.08 Å². The molecule has 0 saturated heterocycles. The lowest BCUT2D eigenvalue weighted by Gasteiger charge is -1.87. The van der Waals surface area contributed by atoms with Gasteiger partial charge in [0.15, 0.2) is 0 Å². The summed E-state index contributed by atoms with van der Waals surface area (Å²) in [5.41, 5.74) is 1.03. The molecule has 1 heteroatoms. The first-order valence-electron chi connectivity index (χ1n) is 2.67. The van der Waals surface area contributed by atoms with Crippen molar-refractivity contribution < 1.29 is 5.11 Å². The van der Waals surface area contributed by atoms with E-state index < -0.39 is 0 Å². The predicted molar refractivity (Wildman–Crippen MR) is 39.0 cm³/mol. The van der Waals surface area contributed by atoms with Gasteiger partial charge in [0, 0.05) is 6.08 Å². The molecule has 0 unspecified atom stereocenters. The lowest BCUT2D eigenvalue weighted by molar-refractivity contribution is 0.432. The van der Waals surface area contributed by atoms with Crippen LogP contribution in [0.15, 0.2) is 23.5 Å². The Balaban J connectivity index is 4.11. The molecule has 0 aromatic carbocycles. The summed E-state index contributed by atoms with van der Waals surface area (Å²) < 4.78 is 0. The topological polar surface area (TPSA) is 20.2 Å². The molecule has 0 heterocycles. The molecule has 0 fully saturated rings. The molecule has 0 aliphatic rings. The van der Waals surface area contributed by atoms with Crippen LogP contribution < -0.4 is 0 Å². The maximum absolute atomic E-state index is 8.86. The zero-order valence-corrected chi connectivity index (χ0v) is 5.68. The van der Waals surface area contributed by atoms with Crippen LogP contribution in [0.3, 0.4) is 0 Å². The van der Waals surface area contributed by atoms with Crippen LogP contribution in [0.4, 0.5) is 0 Å². The highest BCUT2D eigenvalue weighted by atomic mass is 16.3. The Morgan fingerprint density at radius 1 is 1.56 bits per heavy atom. The van der Waals surface area contributed by atoms with Gasteiger partial charge < -0.3 is 5.11 Å². The van der Waals surface area contributed by atoms with E-state index in [9.17, 15) is 0 Å². The van der Waals surface area contributed by atoms with Crippen LogP contribution in [0.2, 0.25) is 0 Å². The summed E-state index contributed by atoms with van der Waals surface area (Å²) in [7, 11) is 0. The normalized spacial score (nSPS) is 10.1. The van der Waals surface area contributed by atoms with Crippen molar-refractivity contribution in [3.8, 4) is 12.3 Å². The van der Waals surface area contributed by atoms with E-state index in [1.807, 2.05) is 13.8 Å². The first-order chi connectivity index (χ1) is 4.16.